The Labute approximate surface area is 183 Å². The SMILES string of the molecule is Cc1cc(C)c(C)c(S(=O)(=O)NCCC(=O)NCc2ccc(-c3ccco3)nc2)c1C. The minimum Gasteiger partial charge on any atom is -0.463 e. The zero-order chi connectivity index (χ0) is 22.6. The molecule has 0 atom stereocenters. The van der Waals surface area contributed by atoms with Gasteiger partial charge in [-0.1, -0.05) is 12.1 Å². The van der Waals surface area contributed by atoms with Gasteiger partial charge in [-0.05, 0) is 73.7 Å². The van der Waals surface area contributed by atoms with Gasteiger partial charge in [0.25, 0.3) is 0 Å². The van der Waals surface area contributed by atoms with Gasteiger partial charge < -0.3 is 9.73 Å². The molecule has 0 aliphatic carbocycles. The Kier molecular flexibility index (Phi) is 6.92. The number of aryl methyl sites for hydroxylation is 2. The molecule has 164 valence electrons. The van der Waals surface area contributed by atoms with E-state index in [-0.39, 0.29) is 18.9 Å². The quantitative estimate of drug-likeness (QED) is 0.557. The molecule has 0 fully saturated rings. The summed E-state index contributed by atoms with van der Waals surface area (Å²) in [5.41, 5.74) is 4.86. The van der Waals surface area contributed by atoms with Crippen molar-refractivity contribution in [2.24, 2.45) is 0 Å². The van der Waals surface area contributed by atoms with E-state index in [1.807, 2.05) is 38.1 Å². The zero-order valence-corrected chi connectivity index (χ0v) is 19.0. The fourth-order valence-electron chi connectivity index (χ4n) is 3.34. The van der Waals surface area contributed by atoms with Gasteiger partial charge in [0.2, 0.25) is 15.9 Å². The molecule has 0 saturated carbocycles. The van der Waals surface area contributed by atoms with Gasteiger partial charge in [0, 0.05) is 25.7 Å². The van der Waals surface area contributed by atoms with E-state index in [0.29, 0.717) is 22.9 Å². The maximum Gasteiger partial charge on any atom is 0.241 e. The lowest BCUT2D eigenvalue weighted by Crippen LogP contribution is -2.31. The van der Waals surface area contributed by atoms with Crippen LogP contribution < -0.4 is 10.0 Å². The fourth-order valence-corrected chi connectivity index (χ4v) is 4.99. The van der Waals surface area contributed by atoms with Crippen LogP contribution in [0.4, 0.5) is 0 Å². The van der Waals surface area contributed by atoms with E-state index in [1.165, 1.54) is 0 Å². The fraction of sp³-hybridized carbons (Fsp3) is 0.304. The Hall–Kier alpha value is -2.97. The zero-order valence-electron chi connectivity index (χ0n) is 18.2. The van der Waals surface area contributed by atoms with E-state index in [0.717, 1.165) is 27.8 Å². The van der Waals surface area contributed by atoms with Crippen molar-refractivity contribution in [2.45, 2.75) is 45.6 Å². The molecule has 1 amide bonds. The second-order valence-electron chi connectivity index (χ2n) is 7.54. The minimum atomic E-state index is -3.70. The summed E-state index contributed by atoms with van der Waals surface area (Å²) < 4.78 is 33.5. The van der Waals surface area contributed by atoms with E-state index in [4.69, 9.17) is 4.42 Å². The highest BCUT2D eigenvalue weighted by atomic mass is 32.2. The number of nitrogens with one attached hydrogen (secondary N) is 2. The molecule has 3 rings (SSSR count). The van der Waals surface area contributed by atoms with Crippen LogP contribution in [0.3, 0.4) is 0 Å². The lowest BCUT2D eigenvalue weighted by molar-refractivity contribution is -0.121. The number of nitrogens with zero attached hydrogens (tertiary/aromatic N) is 1. The lowest BCUT2D eigenvalue weighted by Gasteiger charge is -2.16. The van der Waals surface area contributed by atoms with Crippen molar-refractivity contribution < 1.29 is 17.6 Å². The molecule has 2 heterocycles. The average Bonchev–Trinajstić information content (AvgIpc) is 3.26. The summed E-state index contributed by atoms with van der Waals surface area (Å²) in [7, 11) is -3.70. The van der Waals surface area contributed by atoms with Gasteiger partial charge in [-0.2, -0.15) is 0 Å². The Morgan fingerprint density at radius 1 is 1.06 bits per heavy atom. The number of pyridine rings is 1. The van der Waals surface area contributed by atoms with Crippen molar-refractivity contribution in [3.05, 3.63) is 70.6 Å². The lowest BCUT2D eigenvalue weighted by atomic mass is 10.0. The van der Waals surface area contributed by atoms with Crippen LogP contribution in [0.2, 0.25) is 0 Å². The molecule has 2 aromatic heterocycles. The second-order valence-corrected chi connectivity index (χ2v) is 9.25. The van der Waals surface area contributed by atoms with E-state index in [1.54, 1.807) is 32.4 Å². The van der Waals surface area contributed by atoms with Gasteiger partial charge in [0.15, 0.2) is 5.76 Å². The third-order valence-electron chi connectivity index (χ3n) is 5.30. The first-order chi connectivity index (χ1) is 14.7. The number of benzene rings is 1. The smallest absolute Gasteiger partial charge is 0.241 e. The first-order valence-electron chi connectivity index (χ1n) is 10.0. The van der Waals surface area contributed by atoms with Crippen molar-refractivity contribution in [3.8, 4) is 11.5 Å². The van der Waals surface area contributed by atoms with Gasteiger partial charge in [-0.25, -0.2) is 13.1 Å². The average molecular weight is 442 g/mol. The normalized spacial score (nSPS) is 11.5. The van der Waals surface area contributed by atoms with Crippen molar-refractivity contribution in [1.82, 2.24) is 15.0 Å². The van der Waals surface area contributed by atoms with Crippen LogP contribution in [0, 0.1) is 27.7 Å². The van der Waals surface area contributed by atoms with Crippen molar-refractivity contribution in [1.29, 1.82) is 0 Å². The molecule has 0 unspecified atom stereocenters. The van der Waals surface area contributed by atoms with Crippen LogP contribution >= 0.6 is 0 Å². The third kappa shape index (κ3) is 5.39. The summed E-state index contributed by atoms with van der Waals surface area (Å²) in [5.74, 6) is 0.434. The molecule has 0 spiro atoms. The Morgan fingerprint density at radius 2 is 1.77 bits per heavy atom. The van der Waals surface area contributed by atoms with Gasteiger partial charge >= 0.3 is 0 Å². The maximum absolute atomic E-state index is 12.8. The molecule has 1 aromatic carbocycles. The van der Waals surface area contributed by atoms with Crippen LogP contribution in [-0.2, 0) is 21.4 Å². The number of hydrogen-bond donors (Lipinski definition) is 2. The molecular weight excluding hydrogens is 414 g/mol. The molecule has 31 heavy (non-hydrogen) atoms. The molecule has 7 nitrogen and oxygen atoms in total. The Bertz CT molecular complexity index is 1140. The largest absolute Gasteiger partial charge is 0.463 e. The van der Waals surface area contributed by atoms with Crippen LogP contribution in [-0.4, -0.2) is 25.9 Å². The van der Waals surface area contributed by atoms with Gasteiger partial charge in [-0.15, -0.1) is 0 Å². The van der Waals surface area contributed by atoms with Gasteiger partial charge in [-0.3, -0.25) is 9.78 Å². The van der Waals surface area contributed by atoms with E-state index in [9.17, 15) is 13.2 Å². The van der Waals surface area contributed by atoms with Crippen LogP contribution in [0.15, 0.2) is 52.1 Å². The van der Waals surface area contributed by atoms with E-state index < -0.39 is 10.0 Å². The molecule has 2 N–H and O–H groups in total. The first-order valence-corrected chi connectivity index (χ1v) is 11.5. The number of carbonyl (C=O) groups is 1. The number of sulfonamides is 1. The molecule has 0 bridgehead atoms. The van der Waals surface area contributed by atoms with Crippen LogP contribution in [0.25, 0.3) is 11.5 Å². The summed E-state index contributed by atoms with van der Waals surface area (Å²) >= 11 is 0. The predicted octanol–water partition coefficient (Wildman–Crippen LogP) is 3.56. The molecule has 0 aliphatic heterocycles. The standard InChI is InChI=1S/C23H27N3O4S/c1-15-12-16(2)18(4)23(17(15)3)31(28,29)26-10-9-22(27)25-14-19-7-8-20(24-13-19)21-6-5-11-30-21/h5-8,11-13,26H,9-10,14H2,1-4H3,(H,25,27). The Morgan fingerprint density at radius 3 is 2.35 bits per heavy atom. The van der Waals surface area contributed by atoms with Gasteiger partial charge in [0.1, 0.15) is 5.69 Å². The summed E-state index contributed by atoms with van der Waals surface area (Å²) in [4.78, 5) is 16.8. The van der Waals surface area contributed by atoms with Crippen LogP contribution in [0.1, 0.15) is 34.2 Å². The Balaban J connectivity index is 1.52. The molecule has 0 saturated heterocycles. The number of rotatable bonds is 8. The number of hydrogen-bond acceptors (Lipinski definition) is 5. The number of carbonyl (C=O) groups excluding carboxylic acids is 1. The topological polar surface area (TPSA) is 101 Å². The van der Waals surface area contributed by atoms with Crippen molar-refractivity contribution >= 4 is 15.9 Å². The molecule has 8 heteroatoms. The molecule has 0 radical (unpaired) electrons. The summed E-state index contributed by atoms with van der Waals surface area (Å²) in [6.07, 6.45) is 3.30. The molecular formula is C23H27N3O4S. The third-order valence-corrected chi connectivity index (χ3v) is 7.03. The summed E-state index contributed by atoms with van der Waals surface area (Å²) in [5, 5.41) is 2.78. The number of aromatic nitrogens is 1. The highest BCUT2D eigenvalue weighted by Gasteiger charge is 2.21. The molecule has 3 aromatic rings. The monoisotopic (exact) mass is 441 g/mol. The van der Waals surface area contributed by atoms with E-state index >= 15 is 0 Å². The van der Waals surface area contributed by atoms with Gasteiger partial charge in [0.05, 0.1) is 11.2 Å². The van der Waals surface area contributed by atoms with Crippen molar-refractivity contribution in [2.75, 3.05) is 6.54 Å². The highest BCUT2D eigenvalue weighted by Crippen LogP contribution is 2.25. The second kappa shape index (κ2) is 9.45. The maximum atomic E-state index is 12.8. The van der Waals surface area contributed by atoms with Crippen LogP contribution in [0.5, 0.6) is 0 Å². The first kappa shape index (κ1) is 22.7. The highest BCUT2D eigenvalue weighted by molar-refractivity contribution is 7.89. The van der Waals surface area contributed by atoms with Crippen molar-refractivity contribution in [3.63, 3.8) is 0 Å². The van der Waals surface area contributed by atoms with E-state index in [2.05, 4.69) is 15.0 Å². The summed E-state index contributed by atoms with van der Waals surface area (Å²) in [6.45, 7) is 7.72. The summed E-state index contributed by atoms with van der Waals surface area (Å²) in [6, 6.07) is 9.28. The number of furan rings is 1. The minimum absolute atomic E-state index is 0.0235. The number of amides is 1. The predicted molar refractivity (Wildman–Crippen MR) is 119 cm³/mol. The molecule has 0 aliphatic rings.